The van der Waals surface area contributed by atoms with Gasteiger partial charge >= 0.3 is 5.97 Å². The third-order valence-electron chi connectivity index (χ3n) is 3.94. The molecule has 1 saturated carbocycles. The highest BCUT2D eigenvalue weighted by atomic mass is 32.2. The van der Waals surface area contributed by atoms with E-state index in [1.807, 2.05) is 19.1 Å². The van der Waals surface area contributed by atoms with Gasteiger partial charge in [-0.3, -0.25) is 4.79 Å². The lowest BCUT2D eigenvalue weighted by Crippen LogP contribution is -2.14. The quantitative estimate of drug-likeness (QED) is 0.619. The van der Waals surface area contributed by atoms with Crippen molar-refractivity contribution in [3.05, 3.63) is 23.8 Å². The average molecular weight is 309 g/mol. The fraction of sp³-hybridized carbons (Fsp3) is 0.562. The topological polar surface area (TPSA) is 61.5 Å². The normalized spacial score (nSPS) is 17.1. The molecule has 4 nitrogen and oxygen atoms in total. The molecule has 0 bridgehead atoms. The fourth-order valence-electron chi connectivity index (χ4n) is 2.43. The number of thioether (sulfide) groups is 1. The molecule has 1 aromatic rings. The van der Waals surface area contributed by atoms with Crippen molar-refractivity contribution < 1.29 is 14.3 Å². The van der Waals surface area contributed by atoms with Crippen LogP contribution in [0.15, 0.2) is 23.1 Å². The molecular formula is C16H23NO3S. The molecule has 0 spiro atoms. The second kappa shape index (κ2) is 6.71. The van der Waals surface area contributed by atoms with Crippen molar-refractivity contribution in [2.24, 2.45) is 11.1 Å². The van der Waals surface area contributed by atoms with Crippen LogP contribution >= 0.6 is 11.8 Å². The zero-order valence-electron chi connectivity index (χ0n) is 12.8. The van der Waals surface area contributed by atoms with E-state index in [4.69, 9.17) is 15.2 Å². The Balaban J connectivity index is 2.08. The Morgan fingerprint density at radius 1 is 1.43 bits per heavy atom. The van der Waals surface area contributed by atoms with Gasteiger partial charge in [-0.25, -0.2) is 0 Å². The molecule has 0 aliphatic heterocycles. The summed E-state index contributed by atoms with van der Waals surface area (Å²) in [6, 6.07) is 5.90. The molecule has 5 heteroatoms. The molecule has 0 aromatic heterocycles. The molecule has 1 aliphatic rings. The monoisotopic (exact) mass is 309 g/mol. The number of methoxy groups -OCH3 is 2. The van der Waals surface area contributed by atoms with Crippen LogP contribution < -0.4 is 10.5 Å². The van der Waals surface area contributed by atoms with E-state index < -0.39 is 0 Å². The van der Waals surface area contributed by atoms with Crippen molar-refractivity contribution in [1.82, 2.24) is 0 Å². The first kappa shape index (κ1) is 16.2. The SMILES string of the molecule is COC(=O)CC1(CSc2cccc(OC)c2C(C)N)CC1. The van der Waals surface area contributed by atoms with E-state index in [0.29, 0.717) is 6.42 Å². The van der Waals surface area contributed by atoms with Gasteiger partial charge in [0.2, 0.25) is 0 Å². The standard InChI is InChI=1S/C16H23NO3S/c1-11(17)15-12(19-2)5-4-6-13(15)21-10-16(7-8-16)9-14(18)20-3/h4-6,11H,7-10,17H2,1-3H3. The second-order valence-corrected chi connectivity index (χ2v) is 6.72. The highest BCUT2D eigenvalue weighted by Crippen LogP contribution is 2.52. The van der Waals surface area contributed by atoms with E-state index in [1.165, 1.54) is 7.11 Å². The van der Waals surface area contributed by atoms with Gasteiger partial charge in [-0.1, -0.05) is 6.07 Å². The molecule has 1 unspecified atom stereocenters. The van der Waals surface area contributed by atoms with E-state index >= 15 is 0 Å². The summed E-state index contributed by atoms with van der Waals surface area (Å²) in [5.74, 6) is 1.62. The number of ether oxygens (including phenoxy) is 2. The summed E-state index contributed by atoms with van der Waals surface area (Å²) in [5, 5.41) is 0. The van der Waals surface area contributed by atoms with Crippen LogP contribution in [0.3, 0.4) is 0 Å². The highest BCUT2D eigenvalue weighted by molar-refractivity contribution is 7.99. The number of hydrogen-bond acceptors (Lipinski definition) is 5. The molecule has 1 aromatic carbocycles. The zero-order chi connectivity index (χ0) is 15.5. The Morgan fingerprint density at radius 2 is 2.14 bits per heavy atom. The summed E-state index contributed by atoms with van der Waals surface area (Å²) in [7, 11) is 3.11. The van der Waals surface area contributed by atoms with Crippen LogP contribution in [0.4, 0.5) is 0 Å². The number of hydrogen-bond donors (Lipinski definition) is 1. The minimum Gasteiger partial charge on any atom is -0.496 e. The molecule has 0 heterocycles. The molecule has 1 atom stereocenters. The maximum absolute atomic E-state index is 11.5. The Bertz CT molecular complexity index is 512. The fourth-order valence-corrected chi connectivity index (χ4v) is 3.90. The molecule has 0 amide bonds. The van der Waals surface area contributed by atoms with Gasteiger partial charge in [0, 0.05) is 22.3 Å². The number of carbonyl (C=O) groups excluding carboxylic acids is 1. The average Bonchev–Trinajstić information content (AvgIpc) is 3.24. The van der Waals surface area contributed by atoms with Crippen molar-refractivity contribution in [2.45, 2.75) is 37.1 Å². The summed E-state index contributed by atoms with van der Waals surface area (Å²) >= 11 is 1.76. The Labute approximate surface area is 130 Å². The Hall–Kier alpha value is -1.20. The van der Waals surface area contributed by atoms with Gasteiger partial charge in [0.1, 0.15) is 5.75 Å². The lowest BCUT2D eigenvalue weighted by molar-refractivity contribution is -0.141. The maximum atomic E-state index is 11.5. The van der Waals surface area contributed by atoms with Gasteiger partial charge < -0.3 is 15.2 Å². The Morgan fingerprint density at radius 3 is 2.67 bits per heavy atom. The third-order valence-corrected chi connectivity index (χ3v) is 5.36. The molecule has 0 radical (unpaired) electrons. The molecule has 1 aliphatic carbocycles. The van der Waals surface area contributed by atoms with Crippen molar-refractivity contribution in [3.63, 3.8) is 0 Å². The summed E-state index contributed by atoms with van der Waals surface area (Å²) in [6.07, 6.45) is 2.69. The van der Waals surface area contributed by atoms with Crippen LogP contribution in [0.2, 0.25) is 0 Å². The second-order valence-electron chi connectivity index (χ2n) is 5.70. The summed E-state index contributed by atoms with van der Waals surface area (Å²) in [6.45, 7) is 1.96. The highest BCUT2D eigenvalue weighted by Gasteiger charge is 2.44. The summed E-state index contributed by atoms with van der Waals surface area (Å²) in [5.41, 5.74) is 7.23. The number of esters is 1. The Kier molecular flexibility index (Phi) is 5.17. The van der Waals surface area contributed by atoms with Gasteiger partial charge in [0.05, 0.1) is 20.6 Å². The van der Waals surface area contributed by atoms with Crippen LogP contribution in [-0.2, 0) is 9.53 Å². The smallest absolute Gasteiger partial charge is 0.306 e. The molecule has 116 valence electrons. The van der Waals surface area contributed by atoms with Crippen molar-refractivity contribution >= 4 is 17.7 Å². The largest absolute Gasteiger partial charge is 0.496 e. The van der Waals surface area contributed by atoms with Crippen molar-refractivity contribution in [2.75, 3.05) is 20.0 Å². The maximum Gasteiger partial charge on any atom is 0.306 e. The molecular weight excluding hydrogens is 286 g/mol. The summed E-state index contributed by atoms with van der Waals surface area (Å²) in [4.78, 5) is 12.6. The molecule has 0 saturated heterocycles. The lowest BCUT2D eigenvalue weighted by atomic mass is 10.1. The van der Waals surface area contributed by atoms with Gasteiger partial charge in [-0.15, -0.1) is 11.8 Å². The van der Waals surface area contributed by atoms with E-state index in [1.54, 1.807) is 18.9 Å². The first-order valence-electron chi connectivity index (χ1n) is 7.13. The third kappa shape index (κ3) is 3.92. The van der Waals surface area contributed by atoms with Crippen LogP contribution in [0.5, 0.6) is 5.75 Å². The van der Waals surface area contributed by atoms with Gasteiger partial charge in [0.25, 0.3) is 0 Å². The van der Waals surface area contributed by atoms with E-state index in [0.717, 1.165) is 34.8 Å². The lowest BCUT2D eigenvalue weighted by Gasteiger charge is -2.18. The van der Waals surface area contributed by atoms with Gasteiger partial charge in [-0.05, 0) is 37.3 Å². The number of nitrogens with two attached hydrogens (primary N) is 1. The van der Waals surface area contributed by atoms with Gasteiger partial charge in [-0.2, -0.15) is 0 Å². The number of rotatable bonds is 7. The first-order valence-corrected chi connectivity index (χ1v) is 8.12. The predicted octanol–water partition coefficient (Wildman–Crippen LogP) is 3.15. The molecule has 1 fully saturated rings. The van der Waals surface area contributed by atoms with Crippen LogP contribution in [0.1, 0.15) is 37.8 Å². The molecule has 21 heavy (non-hydrogen) atoms. The zero-order valence-corrected chi connectivity index (χ0v) is 13.7. The van der Waals surface area contributed by atoms with Crippen LogP contribution in [0.25, 0.3) is 0 Å². The van der Waals surface area contributed by atoms with E-state index in [-0.39, 0.29) is 17.4 Å². The van der Waals surface area contributed by atoms with Gasteiger partial charge in [0.15, 0.2) is 0 Å². The minimum absolute atomic E-state index is 0.0839. The molecule has 2 N–H and O–H groups in total. The van der Waals surface area contributed by atoms with Crippen LogP contribution in [-0.4, -0.2) is 25.9 Å². The van der Waals surface area contributed by atoms with E-state index in [9.17, 15) is 4.79 Å². The minimum atomic E-state index is -0.119. The number of benzene rings is 1. The number of carbonyl (C=O) groups is 1. The first-order chi connectivity index (χ1) is 10.0. The summed E-state index contributed by atoms with van der Waals surface area (Å²) < 4.78 is 10.2. The molecule has 2 rings (SSSR count). The van der Waals surface area contributed by atoms with E-state index in [2.05, 4.69) is 6.07 Å². The predicted molar refractivity (Wildman–Crippen MR) is 84.6 cm³/mol. The van der Waals surface area contributed by atoms with Crippen molar-refractivity contribution in [1.29, 1.82) is 0 Å². The van der Waals surface area contributed by atoms with Crippen molar-refractivity contribution in [3.8, 4) is 5.75 Å². The van der Waals surface area contributed by atoms with Crippen LogP contribution in [0, 0.1) is 5.41 Å².